The summed E-state index contributed by atoms with van der Waals surface area (Å²) in [6.07, 6.45) is 6.68. The molecule has 1 heterocycles. The lowest BCUT2D eigenvalue weighted by molar-refractivity contribution is -0.115. The topological polar surface area (TPSA) is 50.4 Å². The number of amides is 1. The summed E-state index contributed by atoms with van der Waals surface area (Å²) >= 11 is 0. The summed E-state index contributed by atoms with van der Waals surface area (Å²) in [7, 11) is 0. The molecule has 0 saturated carbocycles. The molecular weight excluding hydrogens is 240 g/mol. The molecule has 102 valence electrons. The Morgan fingerprint density at radius 1 is 1.32 bits per heavy atom. The molecule has 0 aliphatic carbocycles. The summed E-state index contributed by atoms with van der Waals surface area (Å²) in [6, 6.07) is 7.73. The molecule has 1 aliphatic rings. The van der Waals surface area contributed by atoms with E-state index in [1.807, 2.05) is 37.3 Å². The monoisotopic (exact) mass is 260 g/mol. The summed E-state index contributed by atoms with van der Waals surface area (Å²) in [5, 5.41) is 6.16. The predicted octanol–water partition coefficient (Wildman–Crippen LogP) is 3.14. The fourth-order valence-electron chi connectivity index (χ4n) is 1.89. The molecule has 2 rings (SSSR count). The third-order valence-corrected chi connectivity index (χ3v) is 3.05. The van der Waals surface area contributed by atoms with Gasteiger partial charge >= 0.3 is 0 Å². The lowest BCUT2D eigenvalue weighted by Gasteiger charge is -2.20. The Balaban J connectivity index is 1.81. The maximum absolute atomic E-state index is 11.2. The molecule has 1 aromatic rings. The first-order valence-electron chi connectivity index (χ1n) is 6.72. The molecule has 2 N–H and O–H groups in total. The minimum Gasteiger partial charge on any atom is -0.497 e. The van der Waals surface area contributed by atoms with Crippen LogP contribution in [0.5, 0.6) is 0 Å². The van der Waals surface area contributed by atoms with Gasteiger partial charge in [-0.2, -0.15) is 0 Å². The smallest absolute Gasteiger partial charge is 0.224 e. The van der Waals surface area contributed by atoms with Crippen molar-refractivity contribution in [2.24, 2.45) is 0 Å². The molecule has 1 atom stereocenters. The van der Waals surface area contributed by atoms with Crippen LogP contribution in [0.15, 0.2) is 36.6 Å². The lowest BCUT2D eigenvalue weighted by Crippen LogP contribution is -2.22. The van der Waals surface area contributed by atoms with Crippen LogP contribution in [0.4, 0.5) is 11.4 Å². The lowest BCUT2D eigenvalue weighted by atomic mass is 10.1. The number of hydrogen-bond acceptors (Lipinski definition) is 3. The minimum atomic E-state index is 0.0306. The summed E-state index contributed by atoms with van der Waals surface area (Å²) in [5.74, 6) is 0.0306. The summed E-state index contributed by atoms with van der Waals surface area (Å²) in [4.78, 5) is 11.2. The first-order chi connectivity index (χ1) is 9.28. The van der Waals surface area contributed by atoms with Crippen LogP contribution in [0.25, 0.3) is 0 Å². The molecule has 1 aromatic carbocycles. The molecule has 0 radical (unpaired) electrons. The van der Waals surface area contributed by atoms with Gasteiger partial charge in [-0.3, -0.25) is 4.79 Å². The highest BCUT2D eigenvalue weighted by Gasteiger charge is 2.10. The fourth-order valence-corrected chi connectivity index (χ4v) is 1.89. The second-order valence-electron chi connectivity index (χ2n) is 4.57. The summed E-state index contributed by atoms with van der Waals surface area (Å²) in [6.45, 7) is 2.63. The van der Waals surface area contributed by atoms with Crippen molar-refractivity contribution in [3.8, 4) is 0 Å². The standard InChI is InChI=1S/C15H20N2O2/c1-2-15(18)17-13-8-6-12(7-9-13)16-11-14-5-3-4-10-19-14/h4,6-10,14,16H,2-3,5,11H2,1H3,(H,17,18). The van der Waals surface area contributed by atoms with Crippen molar-refractivity contribution >= 4 is 17.3 Å². The molecule has 4 nitrogen and oxygen atoms in total. The van der Waals surface area contributed by atoms with E-state index in [1.165, 1.54) is 0 Å². The Bertz CT molecular complexity index is 440. The number of nitrogens with one attached hydrogen (secondary N) is 2. The number of ether oxygens (including phenoxy) is 1. The van der Waals surface area contributed by atoms with E-state index < -0.39 is 0 Å². The van der Waals surface area contributed by atoms with Crippen LogP contribution in [-0.2, 0) is 9.53 Å². The molecule has 4 heteroatoms. The number of hydrogen-bond donors (Lipinski definition) is 2. The van der Waals surface area contributed by atoms with Crippen molar-refractivity contribution in [2.75, 3.05) is 17.2 Å². The largest absolute Gasteiger partial charge is 0.497 e. The van der Waals surface area contributed by atoms with Crippen molar-refractivity contribution in [1.82, 2.24) is 0 Å². The Morgan fingerprint density at radius 2 is 2.05 bits per heavy atom. The number of carbonyl (C=O) groups excluding carboxylic acids is 1. The van der Waals surface area contributed by atoms with E-state index in [2.05, 4.69) is 10.6 Å². The van der Waals surface area contributed by atoms with Gasteiger partial charge in [0, 0.05) is 17.8 Å². The molecule has 19 heavy (non-hydrogen) atoms. The van der Waals surface area contributed by atoms with E-state index in [0.29, 0.717) is 6.42 Å². The van der Waals surface area contributed by atoms with Gasteiger partial charge in [-0.05, 0) is 43.2 Å². The van der Waals surface area contributed by atoms with Gasteiger partial charge in [-0.25, -0.2) is 0 Å². The predicted molar refractivity (Wildman–Crippen MR) is 77.1 cm³/mol. The highest BCUT2D eigenvalue weighted by molar-refractivity contribution is 5.90. The van der Waals surface area contributed by atoms with Crippen molar-refractivity contribution < 1.29 is 9.53 Å². The Morgan fingerprint density at radius 3 is 2.68 bits per heavy atom. The Hall–Kier alpha value is -1.97. The van der Waals surface area contributed by atoms with E-state index in [1.54, 1.807) is 6.26 Å². The van der Waals surface area contributed by atoms with Gasteiger partial charge in [0.25, 0.3) is 0 Å². The van der Waals surface area contributed by atoms with Crippen molar-refractivity contribution in [1.29, 1.82) is 0 Å². The van der Waals surface area contributed by atoms with Crippen LogP contribution in [0, 0.1) is 0 Å². The van der Waals surface area contributed by atoms with Crippen LogP contribution < -0.4 is 10.6 Å². The normalized spacial score (nSPS) is 17.6. The Labute approximate surface area is 113 Å². The third-order valence-electron chi connectivity index (χ3n) is 3.05. The van der Waals surface area contributed by atoms with Gasteiger partial charge in [0.05, 0.1) is 12.8 Å². The van der Waals surface area contributed by atoms with Crippen molar-refractivity contribution in [3.05, 3.63) is 36.6 Å². The van der Waals surface area contributed by atoms with Crippen LogP contribution in [-0.4, -0.2) is 18.6 Å². The molecule has 0 spiro atoms. The number of carbonyl (C=O) groups is 1. The van der Waals surface area contributed by atoms with Gasteiger partial charge in [0.15, 0.2) is 0 Å². The highest BCUT2D eigenvalue weighted by atomic mass is 16.5. The molecule has 0 saturated heterocycles. The maximum atomic E-state index is 11.2. The van der Waals surface area contributed by atoms with Gasteiger partial charge in [0.2, 0.25) is 5.91 Å². The number of benzene rings is 1. The van der Waals surface area contributed by atoms with Crippen LogP contribution in [0.3, 0.4) is 0 Å². The number of anilines is 2. The average Bonchev–Trinajstić information content (AvgIpc) is 2.47. The second-order valence-corrected chi connectivity index (χ2v) is 4.57. The summed E-state index contributed by atoms with van der Waals surface area (Å²) in [5.41, 5.74) is 1.86. The number of rotatable bonds is 5. The SMILES string of the molecule is CCC(=O)Nc1ccc(NCC2CCC=CO2)cc1. The Kier molecular flexibility index (Phi) is 4.84. The summed E-state index contributed by atoms with van der Waals surface area (Å²) < 4.78 is 5.49. The van der Waals surface area contributed by atoms with E-state index in [4.69, 9.17) is 4.74 Å². The fraction of sp³-hybridized carbons (Fsp3) is 0.400. The molecule has 1 unspecified atom stereocenters. The van der Waals surface area contributed by atoms with Gasteiger partial charge < -0.3 is 15.4 Å². The molecule has 1 aliphatic heterocycles. The second kappa shape index (κ2) is 6.83. The van der Waals surface area contributed by atoms with E-state index in [-0.39, 0.29) is 12.0 Å². The average molecular weight is 260 g/mol. The van der Waals surface area contributed by atoms with Crippen LogP contribution in [0.1, 0.15) is 26.2 Å². The van der Waals surface area contributed by atoms with Crippen molar-refractivity contribution in [3.63, 3.8) is 0 Å². The zero-order chi connectivity index (χ0) is 13.5. The van der Waals surface area contributed by atoms with Gasteiger partial charge in [-0.15, -0.1) is 0 Å². The molecule has 0 fully saturated rings. The maximum Gasteiger partial charge on any atom is 0.224 e. The zero-order valence-corrected chi connectivity index (χ0v) is 11.2. The molecule has 0 bridgehead atoms. The quantitative estimate of drug-likeness (QED) is 0.855. The van der Waals surface area contributed by atoms with E-state index in [0.717, 1.165) is 30.8 Å². The van der Waals surface area contributed by atoms with Crippen molar-refractivity contribution in [2.45, 2.75) is 32.3 Å². The first-order valence-corrected chi connectivity index (χ1v) is 6.72. The van der Waals surface area contributed by atoms with Gasteiger partial charge in [0.1, 0.15) is 6.10 Å². The number of allylic oxidation sites excluding steroid dienone is 1. The third kappa shape index (κ3) is 4.32. The molecule has 0 aromatic heterocycles. The minimum absolute atomic E-state index is 0.0306. The molecule has 1 amide bonds. The molecular formula is C15H20N2O2. The van der Waals surface area contributed by atoms with Gasteiger partial charge in [-0.1, -0.05) is 6.92 Å². The van der Waals surface area contributed by atoms with E-state index >= 15 is 0 Å². The van der Waals surface area contributed by atoms with Crippen LogP contribution >= 0.6 is 0 Å². The zero-order valence-electron chi connectivity index (χ0n) is 11.2. The highest BCUT2D eigenvalue weighted by Crippen LogP contribution is 2.15. The van der Waals surface area contributed by atoms with Crippen LogP contribution in [0.2, 0.25) is 0 Å². The van der Waals surface area contributed by atoms with E-state index in [9.17, 15) is 4.79 Å². The first kappa shape index (κ1) is 13.5.